The van der Waals surface area contributed by atoms with E-state index in [0.29, 0.717) is 32.5 Å². The highest BCUT2D eigenvalue weighted by Gasteiger charge is 2.29. The van der Waals surface area contributed by atoms with Gasteiger partial charge >= 0.3 is 0 Å². The van der Waals surface area contributed by atoms with Crippen molar-refractivity contribution in [2.75, 3.05) is 19.0 Å². The van der Waals surface area contributed by atoms with Crippen LogP contribution in [0, 0.1) is 13.8 Å². The average Bonchev–Trinajstić information content (AvgIpc) is 2.69. The van der Waals surface area contributed by atoms with E-state index in [-0.39, 0.29) is 12.6 Å². The second kappa shape index (κ2) is 9.77. The number of hydrogen-bond acceptors (Lipinski definition) is 6. The van der Waals surface area contributed by atoms with E-state index in [1.807, 2.05) is 0 Å². The summed E-state index contributed by atoms with van der Waals surface area (Å²) in [5.74, 6) is -0.435. The molecule has 1 aliphatic heterocycles. The van der Waals surface area contributed by atoms with E-state index in [9.17, 15) is 13.6 Å². The molecule has 3 rings (SSSR count). The van der Waals surface area contributed by atoms with Crippen LogP contribution in [0.1, 0.15) is 35.1 Å². The first-order chi connectivity index (χ1) is 13.8. The van der Waals surface area contributed by atoms with Gasteiger partial charge in [-0.2, -0.15) is 5.06 Å². The van der Waals surface area contributed by atoms with E-state index < -0.39 is 15.9 Å². The molecular weight excluding hydrogens is 390 g/mol. The Kier molecular flexibility index (Phi) is 7.37. The minimum atomic E-state index is -3.57. The number of piperidine rings is 1. The first-order valence-electron chi connectivity index (χ1n) is 9.82. The van der Waals surface area contributed by atoms with E-state index >= 15 is 0 Å². The molecule has 1 aliphatic rings. The number of sulfonamides is 1. The van der Waals surface area contributed by atoms with Crippen molar-refractivity contribution in [2.45, 2.75) is 45.9 Å². The number of benzene rings is 1. The van der Waals surface area contributed by atoms with Gasteiger partial charge in [0.2, 0.25) is 10.0 Å². The SMILES string of the molecule is Cc1ccc(C)c(COC2CCN(S(=O)(=O)CN(O)Cc3cccnc3)CC2)c1. The molecule has 29 heavy (non-hydrogen) atoms. The molecule has 1 saturated heterocycles. The van der Waals surface area contributed by atoms with E-state index in [4.69, 9.17) is 4.74 Å². The minimum Gasteiger partial charge on any atom is -0.373 e. The van der Waals surface area contributed by atoms with Crippen LogP contribution in [0.15, 0.2) is 42.7 Å². The Bertz CT molecular complexity index is 897. The van der Waals surface area contributed by atoms with E-state index in [2.05, 4.69) is 37.0 Å². The van der Waals surface area contributed by atoms with Crippen molar-refractivity contribution in [2.24, 2.45) is 0 Å². The monoisotopic (exact) mass is 419 g/mol. The molecule has 0 saturated carbocycles. The highest BCUT2D eigenvalue weighted by molar-refractivity contribution is 7.89. The maximum Gasteiger partial charge on any atom is 0.229 e. The molecule has 0 amide bonds. The first kappa shape index (κ1) is 21.9. The molecule has 0 atom stereocenters. The fourth-order valence-corrected chi connectivity index (χ4v) is 4.86. The number of rotatable bonds is 8. The summed E-state index contributed by atoms with van der Waals surface area (Å²) in [6.45, 7) is 5.59. The molecular formula is C21H29N3O4S. The number of aromatic nitrogens is 1. The van der Waals surface area contributed by atoms with Crippen LogP contribution >= 0.6 is 0 Å². The van der Waals surface area contributed by atoms with Crippen LogP contribution in [0.4, 0.5) is 0 Å². The Balaban J connectivity index is 1.47. The lowest BCUT2D eigenvalue weighted by Crippen LogP contribution is -2.44. The zero-order valence-electron chi connectivity index (χ0n) is 17.0. The zero-order chi connectivity index (χ0) is 20.9. The van der Waals surface area contributed by atoms with Crippen molar-refractivity contribution >= 4 is 10.0 Å². The first-order valence-corrected chi connectivity index (χ1v) is 11.4. The standard InChI is InChI=1S/C21H29N3O4S/c1-17-5-6-18(2)20(12-17)15-28-21-7-10-24(11-8-21)29(26,27)16-23(25)14-19-4-3-9-22-13-19/h3-6,9,12-13,21,25H,7-8,10-11,14-16H2,1-2H3. The molecule has 0 unspecified atom stereocenters. The summed E-state index contributed by atoms with van der Waals surface area (Å²) in [4.78, 5) is 3.97. The molecule has 1 aromatic carbocycles. The van der Waals surface area contributed by atoms with Crippen LogP contribution in [-0.4, -0.2) is 53.0 Å². The molecule has 7 nitrogen and oxygen atoms in total. The van der Waals surface area contributed by atoms with Crippen LogP contribution in [0.2, 0.25) is 0 Å². The second-order valence-corrected chi connectivity index (χ2v) is 9.54. The van der Waals surface area contributed by atoms with E-state index in [1.54, 1.807) is 24.5 Å². The fraction of sp³-hybridized carbons (Fsp3) is 0.476. The highest BCUT2D eigenvalue weighted by Crippen LogP contribution is 2.20. The summed E-state index contributed by atoms with van der Waals surface area (Å²) in [5, 5.41) is 10.9. The van der Waals surface area contributed by atoms with Crippen LogP contribution < -0.4 is 0 Å². The smallest absolute Gasteiger partial charge is 0.229 e. The fourth-order valence-electron chi connectivity index (χ4n) is 3.46. The third-order valence-corrected chi connectivity index (χ3v) is 6.95. The van der Waals surface area contributed by atoms with Crippen molar-refractivity contribution in [3.8, 4) is 0 Å². The van der Waals surface area contributed by atoms with Gasteiger partial charge in [-0.25, -0.2) is 12.7 Å². The molecule has 2 heterocycles. The van der Waals surface area contributed by atoms with Crippen molar-refractivity contribution in [1.29, 1.82) is 0 Å². The largest absolute Gasteiger partial charge is 0.373 e. The van der Waals surface area contributed by atoms with E-state index in [1.165, 1.54) is 21.0 Å². The maximum atomic E-state index is 12.6. The van der Waals surface area contributed by atoms with Gasteiger partial charge in [-0.1, -0.05) is 29.8 Å². The van der Waals surface area contributed by atoms with Crippen molar-refractivity contribution in [1.82, 2.24) is 14.4 Å². The Morgan fingerprint density at radius 2 is 2.00 bits per heavy atom. The number of pyridine rings is 1. The predicted octanol–water partition coefficient (Wildman–Crippen LogP) is 2.86. The summed E-state index contributed by atoms with van der Waals surface area (Å²) < 4.78 is 32.7. The maximum absolute atomic E-state index is 12.6. The Morgan fingerprint density at radius 1 is 1.24 bits per heavy atom. The van der Waals surface area contributed by atoms with Crippen LogP contribution in [-0.2, 0) is 27.9 Å². The lowest BCUT2D eigenvalue weighted by atomic mass is 10.1. The normalized spacial score (nSPS) is 16.4. The molecule has 8 heteroatoms. The molecule has 1 fully saturated rings. The highest BCUT2D eigenvalue weighted by atomic mass is 32.2. The summed E-state index contributed by atoms with van der Waals surface area (Å²) in [6, 6.07) is 9.85. The molecule has 1 aromatic heterocycles. The topological polar surface area (TPSA) is 83.0 Å². The Hall–Kier alpha value is -1.84. The molecule has 0 aliphatic carbocycles. The van der Waals surface area contributed by atoms with Crippen molar-refractivity contribution < 1.29 is 18.4 Å². The van der Waals surface area contributed by atoms with Gasteiger partial charge < -0.3 is 9.94 Å². The van der Waals surface area contributed by atoms with Gasteiger partial charge in [-0.15, -0.1) is 0 Å². The summed E-state index contributed by atoms with van der Waals surface area (Å²) in [5.41, 5.74) is 4.33. The number of hydroxylamine groups is 2. The lowest BCUT2D eigenvalue weighted by molar-refractivity contribution is -0.0830. The third kappa shape index (κ3) is 6.32. The molecule has 0 bridgehead atoms. The van der Waals surface area contributed by atoms with Gasteiger partial charge in [0.05, 0.1) is 19.3 Å². The number of nitrogens with zero attached hydrogens (tertiary/aromatic N) is 3. The number of hydrogen-bond donors (Lipinski definition) is 1. The molecule has 0 radical (unpaired) electrons. The number of ether oxygens (including phenoxy) is 1. The van der Waals surface area contributed by atoms with Crippen LogP contribution in [0.5, 0.6) is 0 Å². The average molecular weight is 420 g/mol. The molecule has 1 N–H and O–H groups in total. The van der Waals surface area contributed by atoms with Gasteiger partial charge in [-0.05, 0) is 49.4 Å². The third-order valence-electron chi connectivity index (χ3n) is 5.17. The molecule has 2 aromatic rings. The number of aryl methyl sites for hydroxylation is 2. The van der Waals surface area contributed by atoms with Crippen LogP contribution in [0.25, 0.3) is 0 Å². The van der Waals surface area contributed by atoms with Gasteiger partial charge in [0.15, 0.2) is 0 Å². The van der Waals surface area contributed by atoms with E-state index in [0.717, 1.165) is 10.6 Å². The minimum absolute atomic E-state index is 0.0435. The lowest BCUT2D eigenvalue weighted by Gasteiger charge is -2.32. The molecule has 158 valence electrons. The zero-order valence-corrected chi connectivity index (χ0v) is 17.8. The second-order valence-electron chi connectivity index (χ2n) is 7.61. The quantitative estimate of drug-likeness (QED) is 0.663. The molecule has 0 spiro atoms. The van der Waals surface area contributed by atoms with Gasteiger partial charge in [0.25, 0.3) is 0 Å². The summed E-state index contributed by atoms with van der Waals surface area (Å²) in [7, 11) is -3.57. The predicted molar refractivity (Wildman–Crippen MR) is 111 cm³/mol. The van der Waals surface area contributed by atoms with Crippen molar-refractivity contribution in [3.05, 3.63) is 65.0 Å². The van der Waals surface area contributed by atoms with Crippen molar-refractivity contribution in [3.63, 3.8) is 0 Å². The Morgan fingerprint density at radius 3 is 2.69 bits per heavy atom. The summed E-state index contributed by atoms with van der Waals surface area (Å²) >= 11 is 0. The summed E-state index contributed by atoms with van der Waals surface area (Å²) in [6.07, 6.45) is 4.58. The van der Waals surface area contributed by atoms with Gasteiger partial charge in [-0.3, -0.25) is 4.98 Å². The van der Waals surface area contributed by atoms with Gasteiger partial charge in [0, 0.05) is 25.5 Å². The Labute approximate surface area is 172 Å². The van der Waals surface area contributed by atoms with Gasteiger partial charge in [0.1, 0.15) is 5.88 Å². The van der Waals surface area contributed by atoms with Crippen LogP contribution in [0.3, 0.4) is 0 Å².